The van der Waals surface area contributed by atoms with Gasteiger partial charge in [-0.1, -0.05) is 52.4 Å². The van der Waals surface area contributed by atoms with Gasteiger partial charge in [-0.3, -0.25) is 4.79 Å². The first kappa shape index (κ1) is 21.6. The van der Waals surface area contributed by atoms with Crippen molar-refractivity contribution in [3.63, 3.8) is 0 Å². The van der Waals surface area contributed by atoms with E-state index in [2.05, 4.69) is 23.6 Å². The van der Waals surface area contributed by atoms with Crippen molar-refractivity contribution in [1.82, 2.24) is 9.88 Å². The van der Waals surface area contributed by atoms with E-state index in [0.717, 1.165) is 30.8 Å². The molecule has 0 fully saturated rings. The Morgan fingerprint density at radius 1 is 1.08 bits per heavy atom. The highest BCUT2D eigenvalue weighted by molar-refractivity contribution is 7.09. The van der Waals surface area contributed by atoms with E-state index in [0.29, 0.717) is 18.7 Å². The number of esters is 1. The number of nitrogens with zero attached hydrogens (tertiary/aromatic N) is 2. The van der Waals surface area contributed by atoms with Crippen LogP contribution in [0.15, 0.2) is 5.38 Å². The smallest absolute Gasteiger partial charge is 0.357 e. The maximum atomic E-state index is 12.5. The number of aromatic nitrogens is 1. The number of hydrogen-bond donors (Lipinski definition) is 0. The summed E-state index contributed by atoms with van der Waals surface area (Å²) in [6.45, 7) is 5.49. The molecule has 0 aliphatic heterocycles. The molecule has 5 nitrogen and oxygen atoms in total. The molecule has 0 aliphatic rings. The fourth-order valence-corrected chi connectivity index (χ4v) is 3.48. The van der Waals surface area contributed by atoms with Gasteiger partial charge in [-0.2, -0.15) is 0 Å². The summed E-state index contributed by atoms with van der Waals surface area (Å²) in [6.07, 6.45) is 9.96. The topological polar surface area (TPSA) is 59.5 Å². The molecule has 0 bridgehead atoms. The third-order valence-corrected chi connectivity index (χ3v) is 4.95. The van der Waals surface area contributed by atoms with Gasteiger partial charge in [0.15, 0.2) is 5.69 Å². The Labute approximate surface area is 155 Å². The van der Waals surface area contributed by atoms with E-state index in [1.54, 1.807) is 5.38 Å². The summed E-state index contributed by atoms with van der Waals surface area (Å²) in [7, 11) is 1.34. The molecule has 0 radical (unpaired) electrons. The number of carbonyl (C=O) groups is 2. The third-order valence-electron chi connectivity index (χ3n) is 4.11. The highest BCUT2D eigenvalue weighted by Crippen LogP contribution is 2.15. The Hall–Kier alpha value is -1.43. The molecule has 0 N–H and O–H groups in total. The van der Waals surface area contributed by atoms with E-state index < -0.39 is 5.97 Å². The zero-order valence-electron chi connectivity index (χ0n) is 15.9. The molecule has 0 aliphatic carbocycles. The quantitative estimate of drug-likeness (QED) is 0.370. The molecule has 0 saturated heterocycles. The minimum atomic E-state index is -0.432. The molecule has 1 amide bonds. The fraction of sp³-hybridized carbons (Fsp3) is 0.737. The zero-order valence-corrected chi connectivity index (χ0v) is 16.7. The van der Waals surface area contributed by atoms with Crippen molar-refractivity contribution in [3.05, 3.63) is 16.1 Å². The number of amides is 1. The van der Waals surface area contributed by atoms with Gasteiger partial charge < -0.3 is 9.64 Å². The number of methoxy groups -OCH3 is 1. The van der Waals surface area contributed by atoms with E-state index >= 15 is 0 Å². The van der Waals surface area contributed by atoms with Crippen LogP contribution in [0.5, 0.6) is 0 Å². The van der Waals surface area contributed by atoms with Gasteiger partial charge in [-0.05, 0) is 12.8 Å². The van der Waals surface area contributed by atoms with Crippen LogP contribution in [-0.4, -0.2) is 35.4 Å². The molecule has 1 aromatic rings. The molecule has 0 saturated carbocycles. The summed E-state index contributed by atoms with van der Waals surface area (Å²) in [4.78, 5) is 30.1. The van der Waals surface area contributed by atoms with E-state index in [4.69, 9.17) is 0 Å². The Morgan fingerprint density at radius 2 is 1.76 bits per heavy atom. The van der Waals surface area contributed by atoms with Gasteiger partial charge in [0.25, 0.3) is 0 Å². The summed E-state index contributed by atoms with van der Waals surface area (Å²) in [5, 5.41) is 2.47. The Balaban J connectivity index is 2.40. The molecular formula is C19H32N2O3S. The molecule has 0 aromatic carbocycles. The van der Waals surface area contributed by atoms with Gasteiger partial charge >= 0.3 is 5.97 Å². The molecule has 1 rings (SSSR count). The number of unbranched alkanes of at least 4 members (excludes halogenated alkanes) is 6. The van der Waals surface area contributed by atoms with Crippen LogP contribution in [0.25, 0.3) is 0 Å². The van der Waals surface area contributed by atoms with Gasteiger partial charge in [0.05, 0.1) is 13.7 Å². The van der Waals surface area contributed by atoms with Crippen LogP contribution in [0.2, 0.25) is 0 Å². The van der Waals surface area contributed by atoms with Crippen molar-refractivity contribution in [2.24, 2.45) is 0 Å². The minimum Gasteiger partial charge on any atom is -0.464 e. The second kappa shape index (κ2) is 12.9. The van der Waals surface area contributed by atoms with E-state index in [9.17, 15) is 9.59 Å². The molecule has 1 heterocycles. The molecule has 0 unspecified atom stereocenters. The van der Waals surface area contributed by atoms with Gasteiger partial charge in [0, 0.05) is 18.3 Å². The van der Waals surface area contributed by atoms with Crippen LogP contribution in [-0.2, 0) is 16.1 Å². The summed E-state index contributed by atoms with van der Waals surface area (Å²) >= 11 is 1.40. The van der Waals surface area contributed by atoms with Gasteiger partial charge in [-0.15, -0.1) is 11.3 Å². The van der Waals surface area contributed by atoms with Crippen LogP contribution < -0.4 is 0 Å². The Morgan fingerprint density at radius 3 is 2.40 bits per heavy atom. The third kappa shape index (κ3) is 8.47. The van der Waals surface area contributed by atoms with Crippen LogP contribution in [0.3, 0.4) is 0 Å². The number of carbonyl (C=O) groups excluding carboxylic acids is 2. The monoisotopic (exact) mass is 368 g/mol. The SMILES string of the molecule is CCCCCCCCCC(=O)N(CCC)Cc1nc(C(=O)OC)cs1. The number of hydrogen-bond acceptors (Lipinski definition) is 5. The second-order valence-electron chi connectivity index (χ2n) is 6.30. The first-order valence-corrected chi connectivity index (χ1v) is 10.3. The predicted molar refractivity (Wildman–Crippen MR) is 102 cm³/mol. The Kier molecular flexibility index (Phi) is 11.1. The lowest BCUT2D eigenvalue weighted by atomic mass is 10.1. The molecule has 6 heteroatoms. The van der Waals surface area contributed by atoms with Crippen LogP contribution in [0.4, 0.5) is 0 Å². The molecule has 1 aromatic heterocycles. The fourth-order valence-electron chi connectivity index (χ4n) is 2.70. The molecule has 25 heavy (non-hydrogen) atoms. The first-order chi connectivity index (χ1) is 12.1. The number of thiazole rings is 1. The van der Waals surface area contributed by atoms with E-state index in [1.165, 1.54) is 50.6 Å². The van der Waals surface area contributed by atoms with Crippen molar-refractivity contribution in [3.8, 4) is 0 Å². The van der Waals surface area contributed by atoms with Crippen molar-refractivity contribution in [1.29, 1.82) is 0 Å². The minimum absolute atomic E-state index is 0.185. The summed E-state index contributed by atoms with van der Waals surface area (Å²) in [5.74, 6) is -0.246. The maximum Gasteiger partial charge on any atom is 0.357 e. The van der Waals surface area contributed by atoms with Crippen LogP contribution >= 0.6 is 11.3 Å². The van der Waals surface area contributed by atoms with Crippen molar-refractivity contribution in [2.75, 3.05) is 13.7 Å². The van der Waals surface area contributed by atoms with E-state index in [-0.39, 0.29) is 5.91 Å². The number of rotatable bonds is 13. The summed E-state index contributed by atoms with van der Waals surface area (Å²) < 4.78 is 4.67. The van der Waals surface area contributed by atoms with Crippen molar-refractivity contribution < 1.29 is 14.3 Å². The first-order valence-electron chi connectivity index (χ1n) is 9.42. The highest BCUT2D eigenvalue weighted by Gasteiger charge is 2.16. The summed E-state index contributed by atoms with van der Waals surface area (Å²) in [6, 6.07) is 0. The summed E-state index contributed by atoms with van der Waals surface area (Å²) in [5.41, 5.74) is 0.318. The highest BCUT2D eigenvalue weighted by atomic mass is 32.1. The van der Waals surface area contributed by atoms with Crippen molar-refractivity contribution >= 4 is 23.2 Å². The van der Waals surface area contributed by atoms with Gasteiger partial charge in [0.1, 0.15) is 5.01 Å². The second-order valence-corrected chi connectivity index (χ2v) is 7.25. The largest absolute Gasteiger partial charge is 0.464 e. The maximum absolute atomic E-state index is 12.5. The van der Waals surface area contributed by atoms with Crippen LogP contribution in [0, 0.1) is 0 Å². The van der Waals surface area contributed by atoms with E-state index in [1.807, 2.05) is 4.90 Å². The van der Waals surface area contributed by atoms with Crippen molar-refractivity contribution in [2.45, 2.75) is 78.2 Å². The average molecular weight is 369 g/mol. The molecule has 142 valence electrons. The number of ether oxygens (including phenoxy) is 1. The van der Waals surface area contributed by atoms with Gasteiger partial charge in [0.2, 0.25) is 5.91 Å². The zero-order chi connectivity index (χ0) is 18.5. The average Bonchev–Trinajstić information content (AvgIpc) is 3.08. The predicted octanol–water partition coefficient (Wildman–Crippen LogP) is 4.81. The lowest BCUT2D eigenvalue weighted by molar-refractivity contribution is -0.132. The van der Waals surface area contributed by atoms with Gasteiger partial charge in [-0.25, -0.2) is 9.78 Å². The lowest BCUT2D eigenvalue weighted by Gasteiger charge is -2.21. The molecule has 0 atom stereocenters. The molecular weight excluding hydrogens is 336 g/mol. The van der Waals surface area contributed by atoms with Crippen LogP contribution in [0.1, 0.15) is 87.1 Å². The molecule has 0 spiro atoms. The lowest BCUT2D eigenvalue weighted by Crippen LogP contribution is -2.31. The standard InChI is InChI=1S/C19H32N2O3S/c1-4-6-7-8-9-10-11-12-18(22)21(13-5-2)14-17-20-16(15-25-17)19(23)24-3/h15H,4-14H2,1-3H3. The Bertz CT molecular complexity index is 517. The normalized spacial score (nSPS) is 10.7.